The molecule has 0 aliphatic carbocycles. The van der Waals surface area contributed by atoms with Gasteiger partial charge in [-0.2, -0.15) is 8.97 Å². The minimum absolute atomic E-state index is 0.934. The summed E-state index contributed by atoms with van der Waals surface area (Å²) in [6.45, 7) is 0. The largest absolute Gasteiger partial charge is 0.311 e. The van der Waals surface area contributed by atoms with Crippen molar-refractivity contribution in [3.05, 3.63) is 61.6 Å². The van der Waals surface area contributed by atoms with Crippen LogP contribution in [0, 0.1) is 0 Å². The fraction of sp³-hybridized carbons (Fsp3) is 0. The fourth-order valence-corrected chi connectivity index (χ4v) is 2.21. The van der Waals surface area contributed by atoms with Gasteiger partial charge < -0.3 is 0 Å². The highest BCUT2D eigenvalue weighted by atomic mass is 15.2. The molecule has 0 amide bonds. The van der Waals surface area contributed by atoms with Crippen molar-refractivity contribution in [3.8, 4) is 5.82 Å². The van der Waals surface area contributed by atoms with Gasteiger partial charge >= 0.3 is 5.65 Å². The summed E-state index contributed by atoms with van der Waals surface area (Å²) in [5.74, 6) is 1.04. The Labute approximate surface area is 103 Å². The van der Waals surface area contributed by atoms with Crippen LogP contribution in [-0.2, 0) is 0 Å². The van der Waals surface area contributed by atoms with E-state index in [0.29, 0.717) is 0 Å². The molecule has 0 aliphatic rings. The van der Waals surface area contributed by atoms with Gasteiger partial charge in [-0.05, 0) is 6.07 Å². The Morgan fingerprint density at radius 3 is 3.06 bits per heavy atom. The maximum absolute atomic E-state index is 4.30. The van der Waals surface area contributed by atoms with E-state index in [9.17, 15) is 0 Å². The second-order valence-corrected chi connectivity index (χ2v) is 4.05. The van der Waals surface area contributed by atoms with Gasteiger partial charge in [0.25, 0.3) is 0 Å². The first-order valence-corrected chi connectivity index (χ1v) is 5.68. The summed E-state index contributed by atoms with van der Waals surface area (Å²) in [5.41, 5.74) is 1.95. The summed E-state index contributed by atoms with van der Waals surface area (Å²) < 4.78 is 6.16. The Morgan fingerprint density at radius 2 is 2.06 bits per heavy atom. The highest BCUT2D eigenvalue weighted by molar-refractivity contribution is 5.48. The Bertz CT molecular complexity index is 842. The number of aromatic nitrogens is 5. The molecule has 4 heterocycles. The van der Waals surface area contributed by atoms with Gasteiger partial charge in [0.05, 0.1) is 6.20 Å². The molecule has 0 saturated carbocycles. The normalized spacial score (nSPS) is 11.3. The Kier molecular flexibility index (Phi) is 1.77. The Hall–Kier alpha value is -2.69. The third-order valence-electron chi connectivity index (χ3n) is 3.04. The van der Waals surface area contributed by atoms with Crippen molar-refractivity contribution < 1.29 is 4.40 Å². The molecular weight excluding hydrogens is 226 g/mol. The van der Waals surface area contributed by atoms with Gasteiger partial charge in [0.2, 0.25) is 5.82 Å². The van der Waals surface area contributed by atoms with Crippen molar-refractivity contribution in [1.82, 2.24) is 18.9 Å². The molecule has 0 bridgehead atoms. The molecule has 0 N–H and O–H groups in total. The van der Waals surface area contributed by atoms with E-state index >= 15 is 0 Å². The van der Waals surface area contributed by atoms with E-state index in [4.69, 9.17) is 0 Å². The van der Waals surface area contributed by atoms with Gasteiger partial charge in [-0.3, -0.25) is 9.38 Å². The lowest BCUT2D eigenvalue weighted by molar-refractivity contribution is -0.511. The monoisotopic (exact) mass is 236 g/mol. The first-order chi connectivity index (χ1) is 8.93. The number of rotatable bonds is 1. The molecule has 0 atom stereocenters. The fourth-order valence-electron chi connectivity index (χ4n) is 2.21. The standard InChI is InChI=1S/C13H10N5/c1-2-11-15-5-7-17(11)12(3-1)18-9-8-16-6-4-14-10-13(16)18/h1-10H/q+1. The van der Waals surface area contributed by atoms with E-state index in [1.807, 2.05) is 51.9 Å². The Balaban J connectivity index is 2.10. The van der Waals surface area contributed by atoms with Gasteiger partial charge in [0.1, 0.15) is 30.4 Å². The van der Waals surface area contributed by atoms with Crippen LogP contribution in [0.5, 0.6) is 0 Å². The highest BCUT2D eigenvalue weighted by Gasteiger charge is 2.13. The van der Waals surface area contributed by atoms with Gasteiger partial charge in [0.15, 0.2) is 0 Å². The number of pyridine rings is 1. The third-order valence-corrected chi connectivity index (χ3v) is 3.04. The number of nitrogens with zero attached hydrogens (tertiary/aromatic N) is 5. The molecule has 0 unspecified atom stereocenters. The smallest absolute Gasteiger partial charge is 0.266 e. The second kappa shape index (κ2) is 3.40. The zero-order valence-electron chi connectivity index (χ0n) is 9.51. The maximum Gasteiger partial charge on any atom is 0.311 e. The SMILES string of the molecule is c1cc(-n2cc[n+]3ccncc23)n2ccnc2c1. The van der Waals surface area contributed by atoms with Crippen molar-refractivity contribution in [1.29, 1.82) is 0 Å². The van der Waals surface area contributed by atoms with Gasteiger partial charge in [-0.25, -0.2) is 4.98 Å². The molecule has 0 saturated heterocycles. The minimum Gasteiger partial charge on any atom is -0.266 e. The molecule has 4 rings (SSSR count). The van der Waals surface area contributed by atoms with Crippen molar-refractivity contribution in [2.45, 2.75) is 0 Å². The molecule has 0 aromatic carbocycles. The number of hydrogen-bond donors (Lipinski definition) is 0. The van der Waals surface area contributed by atoms with Crippen LogP contribution in [0.25, 0.3) is 17.1 Å². The van der Waals surface area contributed by atoms with Crippen molar-refractivity contribution in [2.75, 3.05) is 0 Å². The van der Waals surface area contributed by atoms with Crippen LogP contribution in [0.1, 0.15) is 0 Å². The second-order valence-electron chi connectivity index (χ2n) is 4.05. The van der Waals surface area contributed by atoms with Crippen LogP contribution in [0.2, 0.25) is 0 Å². The highest BCUT2D eigenvalue weighted by Crippen LogP contribution is 2.12. The first kappa shape index (κ1) is 9.35. The summed E-state index contributed by atoms with van der Waals surface area (Å²) in [6.07, 6.45) is 13.3. The van der Waals surface area contributed by atoms with E-state index in [0.717, 1.165) is 17.1 Å². The molecule has 4 aromatic heterocycles. The van der Waals surface area contributed by atoms with Crippen molar-refractivity contribution in [3.63, 3.8) is 0 Å². The van der Waals surface area contributed by atoms with Crippen LogP contribution < -0.4 is 4.40 Å². The van der Waals surface area contributed by atoms with E-state index < -0.39 is 0 Å². The van der Waals surface area contributed by atoms with Crippen LogP contribution in [0.4, 0.5) is 0 Å². The number of fused-ring (bicyclic) bond motifs is 2. The lowest BCUT2D eigenvalue weighted by Gasteiger charge is -2.00. The number of hydrogen-bond acceptors (Lipinski definition) is 2. The van der Waals surface area contributed by atoms with Crippen molar-refractivity contribution in [2.24, 2.45) is 0 Å². The van der Waals surface area contributed by atoms with Gasteiger partial charge in [0, 0.05) is 18.5 Å². The molecular formula is C13H10N5+. The number of imidazole rings is 2. The minimum atomic E-state index is 0.934. The molecule has 4 aromatic rings. The van der Waals surface area contributed by atoms with Crippen LogP contribution >= 0.6 is 0 Å². The third kappa shape index (κ3) is 1.18. The molecule has 5 heteroatoms. The van der Waals surface area contributed by atoms with Crippen LogP contribution in [0.15, 0.2) is 61.6 Å². The van der Waals surface area contributed by atoms with Crippen LogP contribution in [0.3, 0.4) is 0 Å². The molecule has 0 spiro atoms. The van der Waals surface area contributed by atoms with E-state index in [-0.39, 0.29) is 0 Å². The Morgan fingerprint density at radius 1 is 1.06 bits per heavy atom. The maximum atomic E-state index is 4.30. The predicted octanol–water partition coefficient (Wildman–Crippen LogP) is 1.26. The quantitative estimate of drug-likeness (QED) is 0.467. The molecule has 0 aliphatic heterocycles. The van der Waals surface area contributed by atoms with Crippen LogP contribution in [-0.4, -0.2) is 18.9 Å². The molecule has 0 radical (unpaired) electrons. The first-order valence-electron chi connectivity index (χ1n) is 5.68. The summed E-state index contributed by atoms with van der Waals surface area (Å²) in [5, 5.41) is 0. The van der Waals surface area contributed by atoms with E-state index in [1.54, 1.807) is 12.4 Å². The predicted molar refractivity (Wildman–Crippen MR) is 65.5 cm³/mol. The summed E-state index contributed by atoms with van der Waals surface area (Å²) in [6, 6.07) is 6.05. The molecule has 18 heavy (non-hydrogen) atoms. The molecule has 5 nitrogen and oxygen atoms in total. The average Bonchev–Trinajstić information content (AvgIpc) is 3.05. The van der Waals surface area contributed by atoms with Crippen molar-refractivity contribution >= 4 is 11.3 Å². The lowest BCUT2D eigenvalue weighted by atomic mass is 10.4. The van der Waals surface area contributed by atoms with Gasteiger partial charge in [-0.15, -0.1) is 0 Å². The summed E-state index contributed by atoms with van der Waals surface area (Å²) in [4.78, 5) is 8.47. The lowest BCUT2D eigenvalue weighted by Crippen LogP contribution is -2.18. The summed E-state index contributed by atoms with van der Waals surface area (Å²) in [7, 11) is 0. The molecule has 86 valence electrons. The topological polar surface area (TPSA) is 39.2 Å². The zero-order valence-corrected chi connectivity index (χ0v) is 9.51. The van der Waals surface area contributed by atoms with Gasteiger partial charge in [-0.1, -0.05) is 6.07 Å². The van der Waals surface area contributed by atoms with E-state index in [1.165, 1.54) is 0 Å². The molecule has 0 fully saturated rings. The average molecular weight is 236 g/mol. The van der Waals surface area contributed by atoms with E-state index in [2.05, 4.69) is 20.6 Å². The zero-order chi connectivity index (χ0) is 11.9. The summed E-state index contributed by atoms with van der Waals surface area (Å²) >= 11 is 0.